The van der Waals surface area contributed by atoms with Crippen LogP contribution in [-0.2, 0) is 6.42 Å². The van der Waals surface area contributed by atoms with Crippen LogP contribution in [0.5, 0.6) is 23.1 Å². The van der Waals surface area contributed by atoms with Crippen LogP contribution < -0.4 is 21.5 Å². The highest BCUT2D eigenvalue weighted by Crippen LogP contribution is 2.51. The number of nitriles is 1. The number of nitrogens with zero attached hydrogens (tertiary/aromatic N) is 4. The average molecular weight is 479 g/mol. The van der Waals surface area contributed by atoms with Crippen LogP contribution in [0.3, 0.4) is 0 Å². The van der Waals surface area contributed by atoms with Crippen LogP contribution in [0.2, 0.25) is 10.0 Å². The van der Waals surface area contributed by atoms with Gasteiger partial charge in [-0.05, 0) is 18.8 Å². The minimum absolute atomic E-state index is 0.0222. The van der Waals surface area contributed by atoms with E-state index in [0.29, 0.717) is 28.7 Å². The number of H-pyrrole nitrogens is 2. The Balaban J connectivity index is 1.91. The molecule has 0 fully saturated rings. The van der Waals surface area contributed by atoms with Gasteiger partial charge >= 0.3 is 5.69 Å². The Bertz CT molecular complexity index is 1470. The average Bonchev–Trinajstić information content (AvgIpc) is 3.15. The van der Waals surface area contributed by atoms with E-state index in [1.165, 1.54) is 6.07 Å². The highest BCUT2D eigenvalue weighted by molar-refractivity contribution is 6.39. The Labute approximate surface area is 187 Å². The number of aromatic hydroxyl groups is 2. The largest absolute Gasteiger partial charge is 0.504 e. The molecule has 0 bridgehead atoms. The van der Waals surface area contributed by atoms with Gasteiger partial charge in [0.15, 0.2) is 22.9 Å². The van der Waals surface area contributed by atoms with Crippen LogP contribution in [-0.4, -0.2) is 35.2 Å². The summed E-state index contributed by atoms with van der Waals surface area (Å²) in [6.45, 7) is 1.88. The maximum Gasteiger partial charge on any atom is 0.349 e. The van der Waals surface area contributed by atoms with Gasteiger partial charge in [-0.2, -0.15) is 9.94 Å². The molecule has 3 aromatic rings. The van der Waals surface area contributed by atoms with Gasteiger partial charge in [0.05, 0.1) is 0 Å². The van der Waals surface area contributed by atoms with Gasteiger partial charge in [0, 0.05) is 11.1 Å². The summed E-state index contributed by atoms with van der Waals surface area (Å²) < 4.78 is 6.04. The molecule has 0 amide bonds. The summed E-state index contributed by atoms with van der Waals surface area (Å²) in [6, 6.07) is 1.47. The molecule has 1 unspecified atom stereocenters. The predicted octanol–water partition coefficient (Wildman–Crippen LogP) is 1.44. The molecule has 14 heteroatoms. The molecule has 1 aromatic carbocycles. The normalized spacial score (nSPS) is 14.8. The van der Waals surface area contributed by atoms with E-state index in [2.05, 4.69) is 15.3 Å². The molecular weight excluding hydrogens is 467 g/mol. The smallest absolute Gasteiger partial charge is 0.349 e. The molecule has 4 rings (SSSR count). The van der Waals surface area contributed by atoms with E-state index in [-0.39, 0.29) is 17.4 Å². The van der Waals surface area contributed by atoms with Crippen molar-refractivity contribution in [2.45, 2.75) is 25.7 Å². The van der Waals surface area contributed by atoms with Crippen molar-refractivity contribution in [3.8, 4) is 34.9 Å². The number of ether oxygens (including phenoxy) is 1. The van der Waals surface area contributed by atoms with E-state index in [1.54, 1.807) is 0 Å². The topological polar surface area (TPSA) is 187 Å². The summed E-state index contributed by atoms with van der Waals surface area (Å²) >= 11 is 12.4. The number of aromatic nitrogens is 5. The summed E-state index contributed by atoms with van der Waals surface area (Å²) in [5.74, 6) is -2.22. The van der Waals surface area contributed by atoms with Gasteiger partial charge in [-0.15, -0.1) is 10.2 Å². The molecule has 1 aliphatic rings. The maximum absolute atomic E-state index is 12.2. The highest BCUT2D eigenvalue weighted by atomic mass is 35.5. The van der Waals surface area contributed by atoms with Crippen molar-refractivity contribution in [1.29, 1.82) is 5.26 Å². The van der Waals surface area contributed by atoms with Gasteiger partial charge in [0.2, 0.25) is 11.6 Å². The Kier molecular flexibility index (Phi) is 5.15. The fourth-order valence-corrected chi connectivity index (χ4v) is 3.96. The van der Waals surface area contributed by atoms with Crippen LogP contribution in [0.15, 0.2) is 14.4 Å². The van der Waals surface area contributed by atoms with Gasteiger partial charge in [-0.25, -0.2) is 9.89 Å². The Hall–Kier alpha value is -3.82. The molecule has 2 aromatic heterocycles. The van der Waals surface area contributed by atoms with E-state index in [4.69, 9.17) is 33.2 Å². The molecule has 0 saturated heterocycles. The number of hydrogen-bond acceptors (Lipinski definition) is 9. The number of benzene rings is 1. The number of hydrogen-bond donors (Lipinski definition) is 4. The van der Waals surface area contributed by atoms with Gasteiger partial charge in [-0.3, -0.25) is 14.6 Å². The predicted molar refractivity (Wildman–Crippen MR) is 110 cm³/mol. The fraction of sp³-hybridized carbons (Fsp3) is 0.222. The molecule has 2 heterocycles. The van der Waals surface area contributed by atoms with Gasteiger partial charge < -0.3 is 14.9 Å². The lowest BCUT2D eigenvalue weighted by Gasteiger charge is -2.17. The SMILES string of the molecule is CC1CCc2c1c(Oc1c(Cl)c(O)c(-n3nc(C#N)c(=O)[nH]c3=O)c(O)c1Cl)n[nH]c2=O. The number of aromatic amines is 2. The highest BCUT2D eigenvalue weighted by Gasteiger charge is 2.31. The second kappa shape index (κ2) is 7.70. The van der Waals surface area contributed by atoms with E-state index < -0.39 is 49.9 Å². The van der Waals surface area contributed by atoms with Crippen LogP contribution >= 0.6 is 23.2 Å². The van der Waals surface area contributed by atoms with E-state index in [9.17, 15) is 24.6 Å². The molecule has 0 saturated carbocycles. The van der Waals surface area contributed by atoms with Crippen molar-refractivity contribution in [2.75, 3.05) is 0 Å². The van der Waals surface area contributed by atoms with Crippen LogP contribution in [0.25, 0.3) is 5.69 Å². The minimum atomic E-state index is -1.17. The van der Waals surface area contributed by atoms with Crippen LogP contribution in [0.1, 0.15) is 36.1 Å². The number of phenolic OH excluding ortho intramolecular Hbond substituents is 2. The second-order valence-corrected chi connectivity index (χ2v) is 7.68. The molecule has 1 aliphatic carbocycles. The number of nitrogens with one attached hydrogen (secondary N) is 2. The molecule has 12 nitrogen and oxygen atoms in total. The van der Waals surface area contributed by atoms with Crippen molar-refractivity contribution in [2.24, 2.45) is 0 Å². The van der Waals surface area contributed by atoms with Gasteiger partial charge in [-0.1, -0.05) is 30.1 Å². The summed E-state index contributed by atoms with van der Waals surface area (Å²) in [7, 11) is 0. The third-order valence-electron chi connectivity index (χ3n) is 5.02. The van der Waals surface area contributed by atoms with Gasteiger partial charge in [0.1, 0.15) is 16.1 Å². The zero-order chi connectivity index (χ0) is 23.3. The summed E-state index contributed by atoms with van der Waals surface area (Å²) in [5, 5.41) is 38.8. The third kappa shape index (κ3) is 3.19. The lowest BCUT2D eigenvalue weighted by atomic mass is 10.1. The standard InChI is InChI=1S/C18H12Cl2N6O6/c1-5-2-3-6-8(5)17(24-23-15(6)29)32-14-9(19)12(27)11(13(28)10(14)20)26-18(31)22-16(30)7(4-21)25-26/h5,27-28H,2-3H2,1H3,(H,23,29)(H,22,30,31). The van der Waals surface area contributed by atoms with E-state index >= 15 is 0 Å². The third-order valence-corrected chi connectivity index (χ3v) is 5.72. The molecule has 0 spiro atoms. The molecule has 0 radical (unpaired) electrons. The lowest BCUT2D eigenvalue weighted by molar-refractivity contribution is 0.413. The zero-order valence-corrected chi connectivity index (χ0v) is 17.6. The van der Waals surface area contributed by atoms with Crippen LogP contribution in [0.4, 0.5) is 0 Å². The molecule has 4 N–H and O–H groups in total. The number of rotatable bonds is 3. The fourth-order valence-electron chi connectivity index (χ4n) is 3.46. The Morgan fingerprint density at radius 2 is 1.84 bits per heavy atom. The first kappa shape index (κ1) is 21.4. The monoisotopic (exact) mass is 478 g/mol. The summed E-state index contributed by atoms with van der Waals surface area (Å²) in [6.07, 6.45) is 1.21. The molecule has 1 atom stereocenters. The van der Waals surface area contributed by atoms with E-state index in [0.717, 1.165) is 0 Å². The summed E-state index contributed by atoms with van der Waals surface area (Å²) in [5.41, 5.74) is -2.94. The second-order valence-electron chi connectivity index (χ2n) is 6.93. The molecular formula is C18H12Cl2N6O6. The van der Waals surface area contributed by atoms with Crippen molar-refractivity contribution in [3.05, 3.63) is 58.1 Å². The van der Waals surface area contributed by atoms with Gasteiger partial charge in [0.25, 0.3) is 11.1 Å². The first-order valence-electron chi connectivity index (χ1n) is 9.02. The van der Waals surface area contributed by atoms with Crippen molar-refractivity contribution in [3.63, 3.8) is 0 Å². The number of halogens is 2. The Morgan fingerprint density at radius 3 is 2.47 bits per heavy atom. The zero-order valence-electron chi connectivity index (χ0n) is 16.1. The molecule has 164 valence electrons. The van der Waals surface area contributed by atoms with Crippen LogP contribution in [0, 0.1) is 11.3 Å². The first-order chi connectivity index (χ1) is 15.1. The summed E-state index contributed by atoms with van der Waals surface area (Å²) in [4.78, 5) is 37.6. The van der Waals surface area contributed by atoms with E-state index in [1.807, 2.05) is 11.9 Å². The lowest BCUT2D eigenvalue weighted by Crippen LogP contribution is -2.33. The quantitative estimate of drug-likeness (QED) is 0.431. The van der Waals surface area contributed by atoms with Crippen molar-refractivity contribution >= 4 is 23.2 Å². The number of phenols is 2. The van der Waals surface area contributed by atoms with Crippen molar-refractivity contribution < 1.29 is 14.9 Å². The maximum atomic E-state index is 12.2. The molecule has 32 heavy (non-hydrogen) atoms. The van der Waals surface area contributed by atoms with Crippen molar-refractivity contribution in [1.82, 2.24) is 25.0 Å². The Morgan fingerprint density at radius 1 is 1.19 bits per heavy atom. The number of fused-ring (bicyclic) bond motifs is 1. The molecule has 0 aliphatic heterocycles. The first-order valence-corrected chi connectivity index (χ1v) is 9.77. The minimum Gasteiger partial charge on any atom is -0.504 e.